The van der Waals surface area contributed by atoms with Crippen molar-refractivity contribution in [3.8, 4) is 0 Å². The molecule has 5 aliphatic heterocycles. The van der Waals surface area contributed by atoms with Crippen molar-refractivity contribution < 1.29 is 102 Å². The van der Waals surface area contributed by atoms with Gasteiger partial charge in [-0.15, -0.1) is 11.8 Å². The fourth-order valence-corrected chi connectivity index (χ4v) is 17.6. The average Bonchev–Trinajstić information content (AvgIpc) is 1.64. The number of amides is 15. The molecule has 0 aliphatic carbocycles. The largest absolute Gasteiger partial charge is 0.481 e. The fourth-order valence-electron chi connectivity index (χ4n) is 14.5. The molecule has 4 bridgehead atoms. The van der Waals surface area contributed by atoms with E-state index < -0.39 is 218 Å². The smallest absolute Gasteiger partial charge is 0.322 e. The van der Waals surface area contributed by atoms with Gasteiger partial charge in [-0.2, -0.15) is 23.5 Å². The number of carboxylic acid groups (broad SMARTS) is 3. The second kappa shape index (κ2) is 49.3. The number of hydrogen-bond acceptors (Lipinski definition) is 21. The fraction of sp³-hybridized carbons (Fsp3) is 0.701. The highest BCUT2D eigenvalue weighted by Crippen LogP contribution is 2.30. The van der Waals surface area contributed by atoms with Crippen LogP contribution in [0.25, 0.3) is 0 Å². The lowest BCUT2D eigenvalue weighted by Gasteiger charge is -2.34. The Balaban J connectivity index is 1.43. The molecule has 15 amide bonds. The first-order chi connectivity index (χ1) is 54.8. The number of thioether (sulfide) groups is 3. The normalized spacial score (nSPS) is 25.4. The van der Waals surface area contributed by atoms with E-state index in [0.717, 1.165) is 79.2 Å². The van der Waals surface area contributed by atoms with Gasteiger partial charge in [-0.3, -0.25) is 82.0 Å². The number of aliphatic hydroxyl groups excluding tert-OH is 1. The number of rotatable bonds is 32. The number of nitrogens with zero attached hydrogens (tertiary/aromatic N) is 3. The maximum Gasteiger partial charge on any atom is 0.322 e. The zero-order valence-electron chi connectivity index (χ0n) is 66.2. The molecule has 16 N–H and O–H groups in total. The molecule has 6 rings (SSSR count). The van der Waals surface area contributed by atoms with Gasteiger partial charge in [0.2, 0.25) is 70.9 Å². The zero-order valence-corrected chi connectivity index (χ0v) is 68.7. The first-order valence-corrected chi connectivity index (χ1v) is 43.7. The number of carbonyl (C=O) groups excluding carboxylic acids is 14. The summed E-state index contributed by atoms with van der Waals surface area (Å²) in [6.07, 6.45) is 10.2. The number of aliphatic carboxylic acids is 3. The Kier molecular flexibility index (Phi) is 40.8. The minimum absolute atomic E-state index is 0.0207. The van der Waals surface area contributed by atoms with Crippen LogP contribution in [0, 0.1) is 5.92 Å². The maximum absolute atomic E-state index is 15.5. The van der Waals surface area contributed by atoms with Crippen molar-refractivity contribution in [3.05, 3.63) is 35.4 Å². The lowest BCUT2D eigenvalue weighted by Crippen LogP contribution is -2.62. The van der Waals surface area contributed by atoms with Crippen molar-refractivity contribution >= 4 is 136 Å². The molecule has 3 fully saturated rings. The Hall–Kier alpha value is -8.78. The van der Waals surface area contributed by atoms with E-state index in [-0.39, 0.29) is 98.1 Å². The van der Waals surface area contributed by atoms with Gasteiger partial charge in [0.1, 0.15) is 66.5 Å². The van der Waals surface area contributed by atoms with Gasteiger partial charge >= 0.3 is 23.9 Å². The van der Waals surface area contributed by atoms with Gasteiger partial charge in [0.25, 0.3) is 5.91 Å². The number of aliphatic hydroxyl groups is 1. The first-order valence-electron chi connectivity index (χ1n) is 40.2. The Labute approximate surface area is 683 Å². The van der Waals surface area contributed by atoms with Crippen LogP contribution < -0.4 is 58.9 Å². The van der Waals surface area contributed by atoms with Crippen LogP contribution in [0.4, 0.5) is 4.79 Å². The summed E-state index contributed by atoms with van der Waals surface area (Å²) in [5, 5.41) is 65.5. The Morgan fingerprint density at radius 2 is 1.02 bits per heavy atom. The van der Waals surface area contributed by atoms with Gasteiger partial charge in [0, 0.05) is 73.6 Å². The minimum atomic E-state index is -2.08. The molecule has 35 nitrogen and oxygen atoms in total. The molecule has 0 saturated carbocycles. The van der Waals surface area contributed by atoms with Crippen molar-refractivity contribution in [2.75, 3.05) is 36.2 Å². The minimum Gasteiger partial charge on any atom is -0.481 e. The summed E-state index contributed by atoms with van der Waals surface area (Å²) < 4.78 is 0. The molecule has 5 heterocycles. The van der Waals surface area contributed by atoms with E-state index in [1.165, 1.54) is 67.6 Å². The van der Waals surface area contributed by atoms with Crippen LogP contribution in [0.15, 0.2) is 24.3 Å². The number of nitrogens with two attached hydrogens (primary N) is 1. The third-order valence-corrected chi connectivity index (χ3v) is 23.8. The molecule has 1 aromatic carbocycles. The predicted molar refractivity (Wildman–Crippen MR) is 427 cm³/mol. The van der Waals surface area contributed by atoms with Crippen molar-refractivity contribution in [1.29, 1.82) is 0 Å². The van der Waals surface area contributed by atoms with Gasteiger partial charge in [0.15, 0.2) is 0 Å². The number of urea groups is 1. The van der Waals surface area contributed by atoms with Crippen molar-refractivity contribution in [2.45, 2.75) is 298 Å². The second-order valence-corrected chi connectivity index (χ2v) is 33.7. The Morgan fingerprint density at radius 3 is 1.56 bits per heavy atom. The highest BCUT2D eigenvalue weighted by Gasteiger charge is 2.48. The summed E-state index contributed by atoms with van der Waals surface area (Å²) in [5.41, 5.74) is 6.94. The topological polar surface area (TPSA) is 527 Å². The molecule has 5 aliphatic rings. The van der Waals surface area contributed by atoms with Crippen LogP contribution in [0.5, 0.6) is 0 Å². The second-order valence-electron chi connectivity index (χ2n) is 30.6. The standard InChI is InChI=1S/C77H118N14O21S3/c1-5-6-7-8-9-10-11-12-13-14-15-16-17-18-19-27-61(94)79-49-36-58-71(106)80-51(29-31-60(78)93)67(102)85-56-42-114-40-48-24-20-23-47(35-48)39-113-41-55(69(104)82-53(34-45(2)3)74(109)89-33-22-26-57(89)76(111)90(58)38-49)84-66(101)50(25-21-28-62(95)96)86-77(112)88-73(108)65(46(4)92)87-68(103)52(30-32-63(97)98)81-72(107)59-43-115-44-91(59)75(110)54(37-64(99)100)83-70(56)105/h20,23-24,35,45-46,49-59,65,92H,5-19,21-22,25-34,36-44H2,1-4H3,(H2,78,93)(H,79,94)(H,80,106)(H,81,107)(H,82,104)(H,83,105)(H,84,101)(H,85,102)(H,87,103)(H,95,96)(H,97,98)(H,99,100)(H2,86,88,108,112)/t46-,49+,50+,51?,52-,53+,54?,55-,56-,57-,58+,59+,65?/m1/s1. The molecule has 38 heteroatoms. The quantitative estimate of drug-likeness (QED) is 0.0460. The Morgan fingerprint density at radius 1 is 0.504 bits per heavy atom. The highest BCUT2D eigenvalue weighted by atomic mass is 32.2. The number of primary amides is 1. The van der Waals surface area contributed by atoms with Gasteiger partial charge in [-0.05, 0) is 81.8 Å². The SMILES string of the molecule is CCCCCCCCCCCCCCCCCC(=O)N[C@H]1C[C@H]2C(=O)NC(CCC(N)=O)C(=O)N[C@@H]3CSCc4cccc(c4)CSC[C@@H](NC(=O)[C@H](CCCC(=O)O)NC(=O)NC(=O)C([C@@H](C)O)NC(=O)[C@@H](CCC(=O)O)NC(=O)[C@@H]4CSCN4C(=O)C(CC(=O)O)NC3=O)C(=O)N[C@@H](CC(C)C)C(=O)N3CCC[C@@H]3C(=O)N2C1. The molecular formula is C77H118N14O21S3. The third kappa shape index (κ3) is 32.3. The summed E-state index contributed by atoms with van der Waals surface area (Å²) >= 11 is 3.19. The number of unbranched alkanes of at least 4 members (excludes halogenated alkanes) is 14. The summed E-state index contributed by atoms with van der Waals surface area (Å²) in [6.45, 7) is 6.50. The number of carboxylic acids is 3. The number of hydrogen-bond donors (Lipinski definition) is 15. The number of fused-ring (bicyclic) bond motifs is 9. The van der Waals surface area contributed by atoms with Gasteiger partial charge in [-0.25, -0.2) is 4.79 Å². The zero-order chi connectivity index (χ0) is 84.3. The maximum atomic E-state index is 15.5. The van der Waals surface area contributed by atoms with E-state index in [9.17, 15) is 73.2 Å². The van der Waals surface area contributed by atoms with Gasteiger partial charge < -0.3 is 88.7 Å². The van der Waals surface area contributed by atoms with Crippen molar-refractivity contribution in [1.82, 2.24) is 67.9 Å². The lowest BCUT2D eigenvalue weighted by atomic mass is 10.0. The molecule has 0 aromatic heterocycles. The highest BCUT2D eigenvalue weighted by molar-refractivity contribution is 7.99. The van der Waals surface area contributed by atoms with Gasteiger partial charge in [0.05, 0.1) is 18.4 Å². The summed E-state index contributed by atoms with van der Waals surface area (Å²) in [7, 11) is 0. The predicted octanol–water partition coefficient (Wildman–Crippen LogP) is 2.29. The molecule has 3 unspecified atom stereocenters. The number of nitrogens with one attached hydrogen (secondary N) is 10. The molecule has 640 valence electrons. The van der Waals surface area contributed by atoms with E-state index in [0.29, 0.717) is 17.5 Å². The van der Waals surface area contributed by atoms with Crippen LogP contribution in [-0.4, -0.2) is 251 Å². The van der Waals surface area contributed by atoms with Crippen LogP contribution in [0.3, 0.4) is 0 Å². The summed E-state index contributed by atoms with van der Waals surface area (Å²) in [5.74, 6) is -18.6. The molecule has 115 heavy (non-hydrogen) atoms. The van der Waals surface area contributed by atoms with Crippen LogP contribution in [0.1, 0.15) is 219 Å². The van der Waals surface area contributed by atoms with E-state index in [1.54, 1.807) is 38.1 Å². The third-order valence-electron chi connectivity index (χ3n) is 20.6. The van der Waals surface area contributed by atoms with Crippen molar-refractivity contribution in [3.63, 3.8) is 0 Å². The summed E-state index contributed by atoms with van der Waals surface area (Å²) in [4.78, 5) is 244. The monoisotopic (exact) mass is 1670 g/mol. The molecule has 0 spiro atoms. The number of carbonyl (C=O) groups is 17. The first kappa shape index (κ1) is 95.1. The van der Waals surface area contributed by atoms with E-state index in [2.05, 4.69) is 54.8 Å². The molecular weight excluding hydrogens is 1550 g/mol. The van der Waals surface area contributed by atoms with Crippen LogP contribution in [-0.2, 0) is 88.2 Å². The van der Waals surface area contributed by atoms with E-state index >= 15 is 28.8 Å². The van der Waals surface area contributed by atoms with E-state index in [4.69, 9.17) is 5.73 Å². The lowest BCUT2D eigenvalue weighted by molar-refractivity contribution is -0.148. The molecule has 1 aromatic rings. The number of imide groups is 1. The van der Waals surface area contributed by atoms with E-state index in [1.807, 2.05) is 5.32 Å². The summed E-state index contributed by atoms with van der Waals surface area (Å²) in [6, 6.07) is -13.8. The average molecular weight is 1670 g/mol. The molecule has 0 radical (unpaired) electrons. The van der Waals surface area contributed by atoms with Crippen molar-refractivity contribution in [2.24, 2.45) is 11.7 Å². The Bertz CT molecular complexity index is 3560. The molecule has 3 saturated heterocycles. The van der Waals surface area contributed by atoms with Crippen LogP contribution >= 0.6 is 35.3 Å². The molecule has 13 atom stereocenters. The number of benzene rings is 1. The van der Waals surface area contributed by atoms with Gasteiger partial charge in [-0.1, -0.05) is 135 Å². The van der Waals surface area contributed by atoms with Crippen LogP contribution in [0.2, 0.25) is 0 Å².